The minimum atomic E-state index is 1.14. The molecule has 4 aromatic carbocycles. The summed E-state index contributed by atoms with van der Waals surface area (Å²) in [6.45, 7) is 4.32. The predicted octanol–water partition coefficient (Wildman–Crippen LogP) is 9.67. The molecule has 1 aromatic heterocycles. The first-order valence-electron chi connectivity index (χ1n) is 11.5. The molecule has 0 aliphatic heterocycles. The fourth-order valence-corrected chi connectivity index (χ4v) is 4.76. The van der Waals surface area contributed by atoms with E-state index in [1.165, 1.54) is 39.1 Å². The Morgan fingerprint density at radius 2 is 1.29 bits per heavy atom. The maximum Gasteiger partial charge on any atom is 0.0491 e. The molecule has 0 bridgehead atoms. The van der Waals surface area contributed by atoms with Crippen molar-refractivity contribution in [3.05, 3.63) is 136 Å². The fourth-order valence-electron chi connectivity index (χ4n) is 4.13. The molecular formula is C32H27NS. The van der Waals surface area contributed by atoms with E-state index in [0.29, 0.717) is 0 Å². The highest BCUT2D eigenvalue weighted by Gasteiger charge is 2.15. The van der Waals surface area contributed by atoms with Crippen molar-refractivity contribution in [2.24, 2.45) is 0 Å². The van der Waals surface area contributed by atoms with Gasteiger partial charge in [-0.15, -0.1) is 0 Å². The summed E-state index contributed by atoms with van der Waals surface area (Å²) in [5.41, 5.74) is 10.9. The molecule has 0 atom stereocenters. The molecule has 0 spiro atoms. The van der Waals surface area contributed by atoms with E-state index in [-0.39, 0.29) is 0 Å². The summed E-state index contributed by atoms with van der Waals surface area (Å²) < 4.78 is 0. The van der Waals surface area contributed by atoms with Crippen LogP contribution in [0.2, 0.25) is 0 Å². The lowest BCUT2D eigenvalue weighted by Crippen LogP contribution is -2.11. The molecular weight excluding hydrogens is 430 g/mol. The molecule has 0 saturated heterocycles. The van der Waals surface area contributed by atoms with Gasteiger partial charge in [-0.25, -0.2) is 0 Å². The van der Waals surface area contributed by atoms with Crippen molar-refractivity contribution in [1.29, 1.82) is 0 Å². The van der Waals surface area contributed by atoms with Gasteiger partial charge < -0.3 is 4.90 Å². The highest BCUT2D eigenvalue weighted by Crippen LogP contribution is 2.38. The van der Waals surface area contributed by atoms with E-state index in [1.54, 1.807) is 11.3 Å². The number of para-hydroxylation sites is 1. The molecule has 5 aromatic rings. The van der Waals surface area contributed by atoms with Gasteiger partial charge in [0.15, 0.2) is 0 Å². The molecule has 0 amide bonds. The second-order valence-electron chi connectivity index (χ2n) is 8.52. The smallest absolute Gasteiger partial charge is 0.0491 e. The van der Waals surface area contributed by atoms with Crippen molar-refractivity contribution < 1.29 is 0 Å². The van der Waals surface area contributed by atoms with E-state index in [2.05, 4.69) is 145 Å². The Bertz CT molecular complexity index is 1380. The van der Waals surface area contributed by atoms with Gasteiger partial charge in [0, 0.05) is 17.1 Å². The standard InChI is InChI=1S/C32H27NS/c1-24-8-14-28(15-9-24)29-16-19-32(25(2)22-29)33(30-6-4-3-5-7-30)31-17-12-26(13-18-31)10-11-27-20-21-34-23-27/h3-23H,1-2H3/b11-10+. The van der Waals surface area contributed by atoms with Crippen LogP contribution in [0.5, 0.6) is 0 Å². The van der Waals surface area contributed by atoms with E-state index in [1.807, 2.05) is 0 Å². The topological polar surface area (TPSA) is 3.24 Å². The third-order valence-electron chi connectivity index (χ3n) is 6.00. The summed E-state index contributed by atoms with van der Waals surface area (Å²) in [4.78, 5) is 2.33. The Morgan fingerprint density at radius 3 is 1.97 bits per heavy atom. The first-order valence-corrected chi connectivity index (χ1v) is 12.4. The SMILES string of the molecule is Cc1ccc(-c2ccc(N(c3ccccc3)c3ccc(/C=C/c4ccsc4)cc3)c(C)c2)cc1. The largest absolute Gasteiger partial charge is 0.310 e. The van der Waals surface area contributed by atoms with Crippen molar-refractivity contribution in [3.63, 3.8) is 0 Å². The molecule has 0 unspecified atom stereocenters. The molecule has 34 heavy (non-hydrogen) atoms. The molecule has 0 N–H and O–H groups in total. The van der Waals surface area contributed by atoms with Crippen LogP contribution in [0.15, 0.2) is 114 Å². The zero-order valence-corrected chi connectivity index (χ0v) is 20.3. The number of nitrogens with zero attached hydrogens (tertiary/aromatic N) is 1. The van der Waals surface area contributed by atoms with Gasteiger partial charge in [0.25, 0.3) is 0 Å². The highest BCUT2D eigenvalue weighted by molar-refractivity contribution is 7.08. The zero-order valence-electron chi connectivity index (χ0n) is 19.5. The number of thiophene rings is 1. The van der Waals surface area contributed by atoms with Crippen molar-refractivity contribution in [2.45, 2.75) is 13.8 Å². The van der Waals surface area contributed by atoms with Gasteiger partial charge in [0.2, 0.25) is 0 Å². The average Bonchev–Trinajstić information content (AvgIpc) is 3.40. The molecule has 1 heterocycles. The number of aryl methyl sites for hydroxylation is 2. The summed E-state index contributed by atoms with van der Waals surface area (Å²) in [5.74, 6) is 0. The van der Waals surface area contributed by atoms with Gasteiger partial charge in [0.05, 0.1) is 0 Å². The predicted molar refractivity (Wildman–Crippen MR) is 149 cm³/mol. The van der Waals surface area contributed by atoms with Crippen molar-refractivity contribution in [1.82, 2.24) is 0 Å². The fraction of sp³-hybridized carbons (Fsp3) is 0.0625. The van der Waals surface area contributed by atoms with Gasteiger partial charge in [-0.05, 0) is 94.9 Å². The molecule has 0 radical (unpaired) electrons. The lowest BCUT2D eigenvalue weighted by Gasteiger charge is -2.27. The van der Waals surface area contributed by atoms with Crippen molar-refractivity contribution >= 4 is 40.6 Å². The van der Waals surface area contributed by atoms with Crippen LogP contribution in [-0.4, -0.2) is 0 Å². The van der Waals surface area contributed by atoms with Crippen molar-refractivity contribution in [3.8, 4) is 11.1 Å². The third-order valence-corrected chi connectivity index (χ3v) is 6.70. The molecule has 1 nitrogen and oxygen atoms in total. The summed E-state index contributed by atoms with van der Waals surface area (Å²) in [6, 6.07) is 37.0. The Balaban J connectivity index is 1.50. The maximum atomic E-state index is 2.33. The van der Waals surface area contributed by atoms with Crippen LogP contribution in [0.1, 0.15) is 22.3 Å². The summed E-state index contributed by atoms with van der Waals surface area (Å²) in [5, 5.41) is 4.26. The van der Waals surface area contributed by atoms with Crippen LogP contribution in [0.3, 0.4) is 0 Å². The Kier molecular flexibility index (Phi) is 6.42. The maximum absolute atomic E-state index is 2.33. The summed E-state index contributed by atoms with van der Waals surface area (Å²) >= 11 is 1.72. The van der Waals surface area contributed by atoms with E-state index >= 15 is 0 Å². The van der Waals surface area contributed by atoms with Crippen LogP contribution >= 0.6 is 11.3 Å². The van der Waals surface area contributed by atoms with Crippen LogP contribution in [-0.2, 0) is 0 Å². The molecule has 0 fully saturated rings. The van der Waals surface area contributed by atoms with Crippen LogP contribution in [0, 0.1) is 13.8 Å². The van der Waals surface area contributed by atoms with Gasteiger partial charge in [-0.3, -0.25) is 0 Å². The van der Waals surface area contributed by atoms with Crippen LogP contribution in [0.4, 0.5) is 17.1 Å². The number of benzene rings is 4. The number of anilines is 3. The quantitative estimate of drug-likeness (QED) is 0.245. The molecule has 5 rings (SSSR count). The monoisotopic (exact) mass is 457 g/mol. The molecule has 166 valence electrons. The van der Waals surface area contributed by atoms with Gasteiger partial charge in [-0.1, -0.05) is 78.4 Å². The molecule has 2 heteroatoms. The minimum absolute atomic E-state index is 1.14. The Labute approximate surface area is 206 Å². The lowest BCUT2D eigenvalue weighted by atomic mass is 10.0. The molecule has 0 saturated carbocycles. The van der Waals surface area contributed by atoms with Gasteiger partial charge >= 0.3 is 0 Å². The molecule has 0 aliphatic rings. The van der Waals surface area contributed by atoms with Crippen LogP contribution < -0.4 is 4.90 Å². The van der Waals surface area contributed by atoms with Crippen LogP contribution in [0.25, 0.3) is 23.3 Å². The first kappa shape index (κ1) is 21.9. The van der Waals surface area contributed by atoms with E-state index < -0.39 is 0 Å². The lowest BCUT2D eigenvalue weighted by molar-refractivity contribution is 1.25. The zero-order chi connectivity index (χ0) is 23.3. The second kappa shape index (κ2) is 9.94. The van der Waals surface area contributed by atoms with Gasteiger partial charge in [0.1, 0.15) is 0 Å². The van der Waals surface area contributed by atoms with E-state index in [9.17, 15) is 0 Å². The first-order chi connectivity index (χ1) is 16.7. The minimum Gasteiger partial charge on any atom is -0.310 e. The molecule has 0 aliphatic carbocycles. The number of rotatable bonds is 6. The number of hydrogen-bond acceptors (Lipinski definition) is 2. The van der Waals surface area contributed by atoms with E-state index in [4.69, 9.17) is 0 Å². The Hall–Kier alpha value is -3.88. The van der Waals surface area contributed by atoms with Gasteiger partial charge in [-0.2, -0.15) is 11.3 Å². The Morgan fingerprint density at radius 1 is 0.618 bits per heavy atom. The van der Waals surface area contributed by atoms with Crippen molar-refractivity contribution in [2.75, 3.05) is 4.90 Å². The average molecular weight is 458 g/mol. The third kappa shape index (κ3) is 4.88. The summed E-state index contributed by atoms with van der Waals surface area (Å²) in [7, 11) is 0. The van der Waals surface area contributed by atoms with E-state index in [0.717, 1.165) is 11.4 Å². The highest BCUT2D eigenvalue weighted by atomic mass is 32.1. The second-order valence-corrected chi connectivity index (χ2v) is 9.30. The number of hydrogen-bond donors (Lipinski definition) is 0. The summed E-state index contributed by atoms with van der Waals surface area (Å²) in [6.07, 6.45) is 4.33. The normalized spacial score (nSPS) is 11.1.